The zero-order valence-electron chi connectivity index (χ0n) is 12.5. The summed E-state index contributed by atoms with van der Waals surface area (Å²) in [5.74, 6) is 0.437. The molecule has 1 N–H and O–H groups in total. The molecule has 1 amide bonds. The average molecular weight is 291 g/mol. The van der Waals surface area contributed by atoms with Crippen LogP contribution in [0.2, 0.25) is 0 Å². The van der Waals surface area contributed by atoms with Gasteiger partial charge in [-0.15, -0.1) is 0 Å². The Morgan fingerprint density at radius 2 is 2.19 bits per heavy atom. The van der Waals surface area contributed by atoms with Gasteiger partial charge in [-0.25, -0.2) is 0 Å². The molecule has 2 rings (SSSR count). The zero-order chi connectivity index (χ0) is 15.4. The van der Waals surface area contributed by atoms with E-state index in [-0.39, 0.29) is 11.6 Å². The highest BCUT2D eigenvalue weighted by atomic mass is 16.6. The molecule has 0 bridgehead atoms. The SMILES string of the molecule is CCCNc1ccc(C(=O)N(C)CC2CC2)cc1[N+](=O)[O-]. The van der Waals surface area contributed by atoms with Gasteiger partial charge in [0.15, 0.2) is 0 Å². The Bertz CT molecular complexity index is 541. The Morgan fingerprint density at radius 3 is 2.76 bits per heavy atom. The molecule has 1 aliphatic rings. The number of nitrogens with zero attached hydrogens (tertiary/aromatic N) is 2. The van der Waals surface area contributed by atoms with Crippen molar-refractivity contribution in [2.24, 2.45) is 5.92 Å². The van der Waals surface area contributed by atoms with Crippen LogP contribution in [0.4, 0.5) is 11.4 Å². The lowest BCUT2D eigenvalue weighted by atomic mass is 10.1. The number of hydrogen-bond acceptors (Lipinski definition) is 4. The van der Waals surface area contributed by atoms with Crippen molar-refractivity contribution in [3.8, 4) is 0 Å². The van der Waals surface area contributed by atoms with Crippen molar-refractivity contribution < 1.29 is 9.72 Å². The molecular weight excluding hydrogens is 270 g/mol. The van der Waals surface area contributed by atoms with Gasteiger partial charge in [0.25, 0.3) is 11.6 Å². The van der Waals surface area contributed by atoms with Crippen LogP contribution < -0.4 is 5.32 Å². The highest BCUT2D eigenvalue weighted by molar-refractivity contribution is 5.95. The van der Waals surface area contributed by atoms with Crippen molar-refractivity contribution in [1.29, 1.82) is 0 Å². The van der Waals surface area contributed by atoms with Gasteiger partial charge in [0.2, 0.25) is 0 Å². The number of hydrogen-bond donors (Lipinski definition) is 1. The third-order valence-corrected chi connectivity index (χ3v) is 3.58. The zero-order valence-corrected chi connectivity index (χ0v) is 12.5. The van der Waals surface area contributed by atoms with Gasteiger partial charge in [0.1, 0.15) is 5.69 Å². The minimum absolute atomic E-state index is 0.0471. The van der Waals surface area contributed by atoms with E-state index in [9.17, 15) is 14.9 Å². The highest BCUT2D eigenvalue weighted by Gasteiger charge is 2.26. The topological polar surface area (TPSA) is 75.5 Å². The van der Waals surface area contributed by atoms with E-state index in [1.54, 1.807) is 24.1 Å². The fourth-order valence-corrected chi connectivity index (χ4v) is 2.22. The average Bonchev–Trinajstić information content (AvgIpc) is 3.27. The molecule has 0 unspecified atom stereocenters. The number of benzene rings is 1. The minimum atomic E-state index is -0.449. The number of carbonyl (C=O) groups excluding carboxylic acids is 1. The first-order valence-corrected chi connectivity index (χ1v) is 7.30. The van der Waals surface area contributed by atoms with E-state index < -0.39 is 4.92 Å². The fraction of sp³-hybridized carbons (Fsp3) is 0.533. The summed E-state index contributed by atoms with van der Waals surface area (Å²) in [7, 11) is 1.75. The first-order chi connectivity index (χ1) is 10.0. The predicted molar refractivity (Wildman–Crippen MR) is 81.6 cm³/mol. The first kappa shape index (κ1) is 15.3. The van der Waals surface area contributed by atoms with Crippen LogP contribution in [0.5, 0.6) is 0 Å². The summed E-state index contributed by atoms with van der Waals surface area (Å²) in [6.45, 7) is 3.38. The summed E-state index contributed by atoms with van der Waals surface area (Å²) in [4.78, 5) is 24.6. The molecule has 21 heavy (non-hydrogen) atoms. The first-order valence-electron chi connectivity index (χ1n) is 7.30. The van der Waals surface area contributed by atoms with Crippen LogP contribution in [-0.2, 0) is 0 Å². The summed E-state index contributed by atoms with van der Waals surface area (Å²) in [5, 5.41) is 14.2. The second-order valence-electron chi connectivity index (χ2n) is 5.54. The van der Waals surface area contributed by atoms with Crippen molar-refractivity contribution in [2.45, 2.75) is 26.2 Å². The maximum absolute atomic E-state index is 12.3. The van der Waals surface area contributed by atoms with Crippen molar-refractivity contribution >= 4 is 17.3 Å². The third-order valence-electron chi connectivity index (χ3n) is 3.58. The molecule has 1 saturated carbocycles. The molecule has 0 aliphatic heterocycles. The molecule has 6 nitrogen and oxygen atoms in total. The lowest BCUT2D eigenvalue weighted by molar-refractivity contribution is -0.384. The largest absolute Gasteiger partial charge is 0.380 e. The second-order valence-corrected chi connectivity index (χ2v) is 5.54. The van der Waals surface area contributed by atoms with Gasteiger partial charge in [0.05, 0.1) is 4.92 Å². The number of rotatable bonds is 7. The number of nitro benzene ring substituents is 1. The minimum Gasteiger partial charge on any atom is -0.380 e. The van der Waals surface area contributed by atoms with Gasteiger partial charge in [0, 0.05) is 31.8 Å². The van der Waals surface area contributed by atoms with E-state index in [1.807, 2.05) is 6.92 Å². The van der Waals surface area contributed by atoms with Crippen molar-refractivity contribution in [1.82, 2.24) is 4.90 Å². The molecule has 1 aromatic rings. The molecule has 0 radical (unpaired) electrons. The van der Waals surface area contributed by atoms with Gasteiger partial charge in [-0.1, -0.05) is 6.92 Å². The molecule has 1 aliphatic carbocycles. The summed E-state index contributed by atoms with van der Waals surface area (Å²) in [6, 6.07) is 4.63. The van der Waals surface area contributed by atoms with E-state index in [0.717, 1.165) is 25.8 Å². The number of amides is 1. The van der Waals surface area contributed by atoms with E-state index in [4.69, 9.17) is 0 Å². The second kappa shape index (κ2) is 6.56. The van der Waals surface area contributed by atoms with Crippen LogP contribution in [0.1, 0.15) is 36.5 Å². The molecule has 0 saturated heterocycles. The summed E-state index contributed by atoms with van der Waals surface area (Å²) in [6.07, 6.45) is 3.21. The van der Waals surface area contributed by atoms with Crippen LogP contribution in [0.25, 0.3) is 0 Å². The van der Waals surface area contributed by atoms with Gasteiger partial charge < -0.3 is 10.2 Å². The van der Waals surface area contributed by atoms with Crippen LogP contribution in [0.15, 0.2) is 18.2 Å². The Hall–Kier alpha value is -2.11. The molecule has 0 aromatic heterocycles. The van der Waals surface area contributed by atoms with Crippen LogP contribution >= 0.6 is 0 Å². The molecule has 0 heterocycles. The van der Waals surface area contributed by atoms with E-state index in [0.29, 0.717) is 23.7 Å². The Morgan fingerprint density at radius 1 is 1.48 bits per heavy atom. The van der Waals surface area contributed by atoms with E-state index in [2.05, 4.69) is 5.32 Å². The lowest BCUT2D eigenvalue weighted by Crippen LogP contribution is -2.28. The van der Waals surface area contributed by atoms with Gasteiger partial charge in [-0.05, 0) is 37.3 Å². The molecule has 0 atom stereocenters. The van der Waals surface area contributed by atoms with E-state index in [1.165, 1.54) is 6.07 Å². The molecule has 0 spiro atoms. The number of nitro groups is 1. The van der Waals surface area contributed by atoms with Crippen molar-refractivity contribution in [3.63, 3.8) is 0 Å². The lowest BCUT2D eigenvalue weighted by Gasteiger charge is -2.17. The summed E-state index contributed by atoms with van der Waals surface area (Å²) in [5.41, 5.74) is 0.782. The molecule has 1 aromatic carbocycles. The maximum atomic E-state index is 12.3. The van der Waals surface area contributed by atoms with Gasteiger partial charge in [-0.2, -0.15) is 0 Å². The van der Waals surface area contributed by atoms with Crippen molar-refractivity contribution in [3.05, 3.63) is 33.9 Å². The van der Waals surface area contributed by atoms with Gasteiger partial charge >= 0.3 is 0 Å². The summed E-state index contributed by atoms with van der Waals surface area (Å²) >= 11 is 0. The van der Waals surface area contributed by atoms with Crippen LogP contribution in [-0.4, -0.2) is 35.9 Å². The Kier molecular flexibility index (Phi) is 4.77. The quantitative estimate of drug-likeness (QED) is 0.619. The molecule has 114 valence electrons. The monoisotopic (exact) mass is 291 g/mol. The molecule has 1 fully saturated rings. The number of carbonyl (C=O) groups is 1. The maximum Gasteiger partial charge on any atom is 0.293 e. The standard InChI is InChI=1S/C15H21N3O3/c1-3-8-16-13-7-6-12(9-14(13)18(20)21)15(19)17(2)10-11-4-5-11/h6-7,9,11,16H,3-5,8,10H2,1-2H3. The van der Waals surface area contributed by atoms with Crippen LogP contribution in [0.3, 0.4) is 0 Å². The number of anilines is 1. The van der Waals surface area contributed by atoms with E-state index >= 15 is 0 Å². The van der Waals surface area contributed by atoms with Crippen LogP contribution in [0, 0.1) is 16.0 Å². The van der Waals surface area contributed by atoms with Crippen molar-refractivity contribution in [2.75, 3.05) is 25.5 Å². The molecular formula is C15H21N3O3. The highest BCUT2D eigenvalue weighted by Crippen LogP contribution is 2.30. The normalized spacial score (nSPS) is 13.8. The Balaban J connectivity index is 2.17. The summed E-state index contributed by atoms with van der Waals surface area (Å²) < 4.78 is 0. The fourth-order valence-electron chi connectivity index (χ4n) is 2.22. The Labute approximate surface area is 124 Å². The van der Waals surface area contributed by atoms with Gasteiger partial charge in [-0.3, -0.25) is 14.9 Å². The molecule has 6 heteroatoms. The number of nitrogens with one attached hydrogen (secondary N) is 1. The predicted octanol–water partition coefficient (Wildman–Crippen LogP) is 2.90. The third kappa shape index (κ3) is 3.93. The smallest absolute Gasteiger partial charge is 0.293 e.